The van der Waals surface area contributed by atoms with Crippen molar-refractivity contribution < 1.29 is 14.3 Å². The molecule has 0 fully saturated rings. The van der Waals surface area contributed by atoms with Crippen LogP contribution in [0.1, 0.15) is 56.8 Å². The molecule has 0 bridgehead atoms. The molecule has 1 heterocycles. The van der Waals surface area contributed by atoms with E-state index in [9.17, 15) is 9.59 Å². The van der Waals surface area contributed by atoms with Gasteiger partial charge in [-0.2, -0.15) is 0 Å². The molecule has 0 unspecified atom stereocenters. The Morgan fingerprint density at radius 3 is 1.68 bits per heavy atom. The fraction of sp³-hybridized carbons (Fsp3) is 0.0612. The number of ether oxygens (including phenoxy) is 1. The van der Waals surface area contributed by atoms with Crippen molar-refractivity contribution in [1.29, 1.82) is 0 Å². The number of nitrogens with zero attached hydrogens (tertiary/aromatic N) is 1. The lowest BCUT2D eigenvalue weighted by molar-refractivity contribution is 0.0990. The van der Waals surface area contributed by atoms with E-state index in [-0.39, 0.29) is 22.6 Å². The molecule has 0 aromatic heterocycles. The third-order valence-electron chi connectivity index (χ3n) is 11.0. The van der Waals surface area contributed by atoms with Gasteiger partial charge in [-0.3, -0.25) is 9.59 Å². The predicted molar refractivity (Wildman–Crippen MR) is 213 cm³/mol. The van der Waals surface area contributed by atoms with E-state index >= 15 is 0 Å². The number of hydrogen-bond acceptors (Lipinski definition) is 4. The van der Waals surface area contributed by atoms with Crippen molar-refractivity contribution in [2.24, 2.45) is 0 Å². The fourth-order valence-corrected chi connectivity index (χ4v) is 8.34. The van der Waals surface area contributed by atoms with E-state index in [2.05, 4.69) is 104 Å². The van der Waals surface area contributed by atoms with Gasteiger partial charge in [0.05, 0.1) is 5.57 Å². The molecule has 7 aromatic carbocycles. The van der Waals surface area contributed by atoms with Gasteiger partial charge in [-0.15, -0.1) is 0 Å². The Kier molecular flexibility index (Phi) is 6.80. The van der Waals surface area contributed by atoms with Crippen molar-refractivity contribution in [3.8, 4) is 16.9 Å². The van der Waals surface area contributed by atoms with E-state index in [0.29, 0.717) is 28.2 Å². The maximum atomic E-state index is 14.1. The van der Waals surface area contributed by atoms with Gasteiger partial charge in [0.2, 0.25) is 0 Å². The van der Waals surface area contributed by atoms with E-state index in [0.717, 1.165) is 39.0 Å². The van der Waals surface area contributed by atoms with E-state index in [1.165, 1.54) is 22.3 Å². The van der Waals surface area contributed by atoms with Gasteiger partial charge in [0.1, 0.15) is 11.5 Å². The van der Waals surface area contributed by atoms with Gasteiger partial charge in [-0.1, -0.05) is 111 Å². The number of Topliss-reactive ketones (excluding diaryl/α,β-unsaturated/α-hetero) is 2. The van der Waals surface area contributed by atoms with E-state index in [1.807, 2.05) is 78.9 Å². The first-order valence-corrected chi connectivity index (χ1v) is 17.9. The number of ketones is 2. The second-order valence-corrected chi connectivity index (χ2v) is 14.4. The SMILES string of the molecule is CC1(C)c2cc(C3=CC(=C4C(=O)c5cc6ccccc6cc5C4=O)c4ccccc4O3)ccc2-c2ccc(N(c3ccccc3)c3ccccc3)cc21. The number of hydrogen-bond donors (Lipinski definition) is 0. The average Bonchev–Trinajstić information content (AvgIpc) is 3.57. The minimum Gasteiger partial charge on any atom is -0.456 e. The highest BCUT2D eigenvalue weighted by Gasteiger charge is 2.39. The number of fused-ring (bicyclic) bond motifs is 6. The van der Waals surface area contributed by atoms with Crippen LogP contribution in [0.3, 0.4) is 0 Å². The second kappa shape index (κ2) is 11.6. The highest BCUT2D eigenvalue weighted by Crippen LogP contribution is 2.52. The highest BCUT2D eigenvalue weighted by molar-refractivity contribution is 6.43. The quantitative estimate of drug-likeness (QED) is 0.137. The Morgan fingerprint density at radius 1 is 0.491 bits per heavy atom. The largest absolute Gasteiger partial charge is 0.456 e. The molecule has 0 amide bonds. The summed E-state index contributed by atoms with van der Waals surface area (Å²) >= 11 is 0. The van der Waals surface area contributed by atoms with Crippen LogP contribution in [0.4, 0.5) is 17.1 Å². The van der Waals surface area contributed by atoms with E-state index in [1.54, 1.807) is 0 Å². The normalized spacial score (nSPS) is 15.0. The van der Waals surface area contributed by atoms with Crippen molar-refractivity contribution in [2.45, 2.75) is 19.3 Å². The molecule has 0 atom stereocenters. The molecule has 252 valence electrons. The van der Waals surface area contributed by atoms with Crippen LogP contribution < -0.4 is 9.64 Å². The van der Waals surface area contributed by atoms with Crippen LogP contribution in [0.15, 0.2) is 169 Å². The molecule has 0 radical (unpaired) electrons. The summed E-state index contributed by atoms with van der Waals surface area (Å²) in [5, 5.41) is 1.87. The molecule has 4 heteroatoms. The zero-order valence-electron chi connectivity index (χ0n) is 29.3. The number of allylic oxidation sites excluding steroid dienone is 3. The second-order valence-electron chi connectivity index (χ2n) is 14.4. The molecule has 7 aromatic rings. The molecule has 1 aliphatic heterocycles. The first-order chi connectivity index (χ1) is 25.9. The standard InChI is InChI=1S/C49H33NO3/c1-49(2)42-27-32(21-23-36(42)37-24-22-35(28-43(37)49)50(33-15-5-3-6-16-33)34-17-7-4-8-18-34)45-29-39(38-19-11-12-20-44(38)53-45)46-47(51)40-25-30-13-9-10-14-31(30)26-41(40)48(46)52/h3-29H,1-2H3. The smallest absolute Gasteiger partial charge is 0.198 e. The molecule has 0 saturated heterocycles. The van der Waals surface area contributed by atoms with Crippen LogP contribution in [0.5, 0.6) is 5.75 Å². The van der Waals surface area contributed by atoms with Crippen LogP contribution >= 0.6 is 0 Å². The molecular weight excluding hydrogens is 651 g/mol. The lowest BCUT2D eigenvalue weighted by Crippen LogP contribution is -2.17. The van der Waals surface area contributed by atoms with Gasteiger partial charge in [0.25, 0.3) is 0 Å². The molecule has 0 spiro atoms. The van der Waals surface area contributed by atoms with Gasteiger partial charge in [0.15, 0.2) is 11.6 Å². The summed E-state index contributed by atoms with van der Waals surface area (Å²) < 4.78 is 6.57. The zero-order valence-corrected chi connectivity index (χ0v) is 29.3. The molecular formula is C49H33NO3. The summed E-state index contributed by atoms with van der Waals surface area (Å²) in [4.78, 5) is 30.4. The van der Waals surface area contributed by atoms with Crippen LogP contribution in [-0.4, -0.2) is 11.6 Å². The summed E-state index contributed by atoms with van der Waals surface area (Å²) in [5.41, 5.74) is 11.1. The van der Waals surface area contributed by atoms with Crippen molar-refractivity contribution in [3.05, 3.63) is 203 Å². The highest BCUT2D eigenvalue weighted by atomic mass is 16.5. The number of rotatable bonds is 4. The third-order valence-corrected chi connectivity index (χ3v) is 11.0. The molecule has 3 aliphatic rings. The number of anilines is 3. The Labute approximate surface area is 307 Å². The van der Waals surface area contributed by atoms with Gasteiger partial charge >= 0.3 is 0 Å². The third kappa shape index (κ3) is 4.76. The van der Waals surface area contributed by atoms with Crippen LogP contribution in [0.25, 0.3) is 33.2 Å². The summed E-state index contributed by atoms with van der Waals surface area (Å²) in [5.74, 6) is 0.713. The summed E-state index contributed by atoms with van der Waals surface area (Å²) in [6.45, 7) is 4.55. The topological polar surface area (TPSA) is 46.6 Å². The van der Waals surface area contributed by atoms with Crippen LogP contribution in [0, 0.1) is 0 Å². The van der Waals surface area contributed by atoms with Gasteiger partial charge < -0.3 is 9.64 Å². The molecule has 2 aliphatic carbocycles. The maximum Gasteiger partial charge on any atom is 0.198 e. The zero-order chi connectivity index (χ0) is 35.8. The monoisotopic (exact) mass is 683 g/mol. The first kappa shape index (κ1) is 31.0. The number of carbonyl (C=O) groups is 2. The van der Waals surface area contributed by atoms with Crippen molar-refractivity contribution in [1.82, 2.24) is 0 Å². The summed E-state index contributed by atoms with van der Waals surface area (Å²) in [7, 11) is 0. The minimum absolute atomic E-state index is 0.186. The maximum absolute atomic E-state index is 14.1. The van der Waals surface area contributed by atoms with Gasteiger partial charge in [-0.05, 0) is 99.8 Å². The number of carbonyl (C=O) groups excluding carboxylic acids is 2. The molecule has 4 nitrogen and oxygen atoms in total. The molecule has 0 saturated carbocycles. The van der Waals surface area contributed by atoms with Crippen molar-refractivity contribution in [2.75, 3.05) is 4.90 Å². The van der Waals surface area contributed by atoms with Gasteiger partial charge in [-0.25, -0.2) is 0 Å². The van der Waals surface area contributed by atoms with E-state index in [4.69, 9.17) is 4.74 Å². The predicted octanol–water partition coefficient (Wildman–Crippen LogP) is 11.9. The average molecular weight is 684 g/mol. The lowest BCUT2D eigenvalue weighted by Gasteiger charge is -2.28. The number of benzene rings is 7. The summed E-state index contributed by atoms with van der Waals surface area (Å²) in [6, 6.07) is 53.3. The first-order valence-electron chi connectivity index (χ1n) is 17.9. The van der Waals surface area contributed by atoms with Crippen LogP contribution in [0.2, 0.25) is 0 Å². The minimum atomic E-state index is -0.314. The Morgan fingerprint density at radius 2 is 1.04 bits per heavy atom. The van der Waals surface area contributed by atoms with Gasteiger partial charge in [0, 0.05) is 50.3 Å². The van der Waals surface area contributed by atoms with Crippen molar-refractivity contribution in [3.63, 3.8) is 0 Å². The molecule has 0 N–H and O–H groups in total. The van der Waals surface area contributed by atoms with Crippen molar-refractivity contribution >= 4 is 50.7 Å². The number of para-hydroxylation sites is 3. The fourth-order valence-electron chi connectivity index (χ4n) is 8.34. The Bertz CT molecular complexity index is 2660. The Hall–Kier alpha value is -6.78. The van der Waals surface area contributed by atoms with Crippen LogP contribution in [-0.2, 0) is 5.41 Å². The summed E-state index contributed by atoms with van der Waals surface area (Å²) in [6.07, 6.45) is 1.88. The molecule has 53 heavy (non-hydrogen) atoms. The Balaban J connectivity index is 1.07. The molecule has 10 rings (SSSR count). The van der Waals surface area contributed by atoms with E-state index < -0.39 is 0 Å². The lowest BCUT2D eigenvalue weighted by atomic mass is 9.81.